The van der Waals surface area contributed by atoms with E-state index >= 15 is 0 Å². The van der Waals surface area contributed by atoms with Crippen molar-refractivity contribution in [3.05, 3.63) is 13.8 Å². The summed E-state index contributed by atoms with van der Waals surface area (Å²) in [4.78, 5) is 0. The third kappa shape index (κ3) is 139. The minimum absolute atomic E-state index is 0.122. The Balaban J connectivity index is -0.0000000482. The summed E-state index contributed by atoms with van der Waals surface area (Å²) in [5, 5.41) is 15.9. The third-order valence-electron chi connectivity index (χ3n) is 0.999. The van der Waals surface area contributed by atoms with Crippen LogP contribution < -0.4 is 0 Å². The van der Waals surface area contributed by atoms with Crippen molar-refractivity contribution in [2.75, 3.05) is 68.1 Å². The Morgan fingerprint density at radius 1 is 0.750 bits per heavy atom. The molecule has 0 aliphatic rings. The van der Waals surface area contributed by atoms with Crippen LogP contribution in [0.1, 0.15) is 0 Å². The molecule has 0 rings (SSSR count). The third-order valence-corrected chi connectivity index (χ3v) is 0.999. The molecule has 8 heteroatoms. The maximum absolute atomic E-state index is 8.25. The van der Waals surface area contributed by atoms with E-state index in [0.29, 0.717) is 26.4 Å². The van der Waals surface area contributed by atoms with Crippen molar-refractivity contribution >= 4 is 0 Å². The van der Waals surface area contributed by atoms with Gasteiger partial charge in [-0.05, 0) is 0 Å². The van der Waals surface area contributed by atoms with Gasteiger partial charge in [0.2, 0.25) is 0 Å². The number of aliphatic hydroxyl groups excluding tert-OH is 2. The van der Waals surface area contributed by atoms with Gasteiger partial charge >= 0.3 is 23.7 Å². The number of rotatable bonds is 6. The first-order valence-corrected chi connectivity index (χ1v) is 6.26. The fourth-order valence-corrected chi connectivity index (χ4v) is 0.183. The van der Waals surface area contributed by atoms with Crippen LogP contribution in [0.4, 0.5) is 0 Å². The van der Waals surface area contributed by atoms with Gasteiger partial charge in [0.1, 0.15) is 0 Å². The van der Waals surface area contributed by atoms with Crippen LogP contribution in [0.25, 0.3) is 0 Å². The number of methoxy groups -OCH3 is 4. The molecule has 0 spiro atoms. The molecule has 0 amide bonds. The maximum atomic E-state index is 8.25. The van der Waals surface area contributed by atoms with Crippen LogP contribution in [-0.2, 0) is 42.7 Å². The zero-order valence-corrected chi connectivity index (χ0v) is 14.7. The Hall–Kier alpha value is 0.274. The Kier molecular flexibility index (Phi) is 98.4. The molecule has 0 fully saturated rings. The van der Waals surface area contributed by atoms with Crippen molar-refractivity contribution in [2.45, 2.75) is 0 Å². The molecule has 0 unspecified atom stereocenters. The topological polar surface area (TPSA) is 94.5 Å². The van der Waals surface area contributed by atoms with E-state index < -0.39 is 0 Å². The van der Waals surface area contributed by atoms with Crippen LogP contribution in [0.15, 0.2) is 0 Å². The van der Waals surface area contributed by atoms with E-state index in [1.807, 2.05) is 0 Å². The number of hydrogen-bond acceptors (Lipinski definition) is 7. The summed E-state index contributed by atoms with van der Waals surface area (Å²) >= 11 is 0.750. The molecule has 0 atom stereocenters. The summed E-state index contributed by atoms with van der Waals surface area (Å²) in [7, 11) is 6.34. The van der Waals surface area contributed by atoms with Gasteiger partial charge in [-0.25, -0.2) is 0 Å². The molecule has 0 heterocycles. The summed E-state index contributed by atoms with van der Waals surface area (Å²) < 4.78 is 26.0. The average Bonchev–Trinajstić information content (AvgIpc) is 2.52. The quantitative estimate of drug-likeness (QED) is 0.524. The predicted molar refractivity (Wildman–Crippen MR) is 73.1 cm³/mol. The molecule has 2 N–H and O–H groups in total. The van der Waals surface area contributed by atoms with Gasteiger partial charge in [-0.3, -0.25) is 0 Å². The van der Waals surface area contributed by atoms with Gasteiger partial charge in [-0.15, -0.1) is 0 Å². The fourth-order valence-electron chi connectivity index (χ4n) is 0.183. The van der Waals surface area contributed by atoms with Crippen molar-refractivity contribution in [1.82, 2.24) is 0 Å². The van der Waals surface area contributed by atoms with Gasteiger partial charge in [0, 0.05) is 28.4 Å². The number of hydrogen-bond donors (Lipinski definition) is 2. The van der Waals surface area contributed by atoms with Gasteiger partial charge in [-0.1, -0.05) is 13.2 Å². The molecule has 0 aromatic rings. The summed E-state index contributed by atoms with van der Waals surface area (Å²) in [6.07, 6.45) is 0. The second-order valence-corrected chi connectivity index (χ2v) is 2.42. The second kappa shape index (κ2) is 61.0. The monoisotopic (exact) mass is 334 g/mol. The van der Waals surface area contributed by atoms with E-state index in [9.17, 15) is 0 Å². The van der Waals surface area contributed by atoms with Gasteiger partial charge in [0.15, 0.2) is 0 Å². The van der Waals surface area contributed by atoms with E-state index in [-0.39, 0.29) is 13.2 Å². The SMILES string of the molecule is COCCO.COCCO.[CH2-]COC.[CH2-]COC.[O]=[Ti+2]. The second-order valence-electron chi connectivity index (χ2n) is 2.42. The molecule has 0 aliphatic heterocycles. The zero-order valence-electron chi connectivity index (χ0n) is 13.1. The summed E-state index contributed by atoms with van der Waals surface area (Å²) in [6.45, 7) is 9.03. The first-order chi connectivity index (χ1) is 9.66. The Bertz CT molecular complexity index is 81.9. The fraction of sp³-hybridized carbons (Fsp3) is 0.833. The summed E-state index contributed by atoms with van der Waals surface area (Å²) in [5.41, 5.74) is 0. The number of ether oxygens (including phenoxy) is 4. The first-order valence-electron chi connectivity index (χ1n) is 5.62. The molecule has 7 nitrogen and oxygen atoms in total. The van der Waals surface area contributed by atoms with Crippen molar-refractivity contribution in [3.63, 3.8) is 0 Å². The van der Waals surface area contributed by atoms with E-state index in [4.69, 9.17) is 13.5 Å². The van der Waals surface area contributed by atoms with Gasteiger partial charge in [0.05, 0.1) is 26.4 Å². The molecule has 0 saturated heterocycles. The Morgan fingerprint density at radius 2 is 0.950 bits per heavy atom. The first kappa shape index (κ1) is 32.3. The molecule has 0 saturated carbocycles. The van der Waals surface area contributed by atoms with E-state index in [1.54, 1.807) is 28.4 Å². The molecule has 0 aromatic heterocycles. The van der Waals surface area contributed by atoms with Crippen LogP contribution in [-0.4, -0.2) is 78.3 Å². The number of aliphatic hydroxyl groups is 2. The van der Waals surface area contributed by atoms with E-state index in [0.717, 1.165) is 20.4 Å². The molecule has 0 radical (unpaired) electrons. The van der Waals surface area contributed by atoms with Crippen molar-refractivity contribution in [1.29, 1.82) is 0 Å². The minimum atomic E-state index is 0.122. The predicted octanol–water partition coefficient (Wildman–Crippen LogP) is 0.0627. The molecule has 0 aromatic carbocycles. The molecular formula is C12H30O7Ti. The Labute approximate surface area is 135 Å². The standard InChI is InChI=1S/2C3H8O2.2C3H7O.O.Ti/c2*1-5-3-2-4;2*1-3-4-2;;/h2*4H,2-3H2,1H3;2*1,3H2,2H3;;/q;;2*-1;;+2. The van der Waals surface area contributed by atoms with Crippen LogP contribution >= 0.6 is 0 Å². The van der Waals surface area contributed by atoms with Crippen LogP contribution in [0.3, 0.4) is 0 Å². The zero-order chi connectivity index (χ0) is 17.1. The van der Waals surface area contributed by atoms with Crippen LogP contribution in [0, 0.1) is 13.8 Å². The molecule has 20 heavy (non-hydrogen) atoms. The Morgan fingerprint density at radius 3 is 0.950 bits per heavy atom. The van der Waals surface area contributed by atoms with Crippen molar-refractivity contribution in [2.24, 2.45) is 0 Å². The van der Waals surface area contributed by atoms with Crippen molar-refractivity contribution in [3.8, 4) is 0 Å². The average molecular weight is 334 g/mol. The molecule has 0 aliphatic carbocycles. The van der Waals surface area contributed by atoms with Crippen LogP contribution in [0.2, 0.25) is 0 Å². The summed E-state index contributed by atoms with van der Waals surface area (Å²) in [6, 6.07) is 0. The van der Waals surface area contributed by atoms with Gasteiger partial charge < -0.3 is 43.0 Å². The molecule has 0 bridgehead atoms. The van der Waals surface area contributed by atoms with E-state index in [2.05, 4.69) is 32.8 Å². The molecule has 124 valence electrons. The van der Waals surface area contributed by atoms with Gasteiger partial charge in [0.25, 0.3) is 0 Å². The van der Waals surface area contributed by atoms with E-state index in [1.165, 1.54) is 0 Å². The van der Waals surface area contributed by atoms with Gasteiger partial charge in [-0.2, -0.15) is 0 Å². The normalized spacial score (nSPS) is 7.50. The molecular weight excluding hydrogens is 304 g/mol. The van der Waals surface area contributed by atoms with Crippen molar-refractivity contribution < 1.29 is 52.9 Å². The summed E-state index contributed by atoms with van der Waals surface area (Å²) in [5.74, 6) is 0. The van der Waals surface area contributed by atoms with Crippen LogP contribution in [0.5, 0.6) is 0 Å².